The van der Waals surface area contributed by atoms with Crippen molar-refractivity contribution in [2.45, 2.75) is 31.5 Å². The topological polar surface area (TPSA) is 6.48 Å². The fourth-order valence-corrected chi connectivity index (χ4v) is 2.77. The van der Waals surface area contributed by atoms with Crippen molar-refractivity contribution in [3.63, 3.8) is 0 Å². The SMILES string of the molecule is CC(C)C1SC(C)N(C)N1C. The molecule has 0 bridgehead atoms. The van der Waals surface area contributed by atoms with Crippen molar-refractivity contribution in [2.75, 3.05) is 14.1 Å². The lowest BCUT2D eigenvalue weighted by Crippen LogP contribution is -2.38. The van der Waals surface area contributed by atoms with Crippen LogP contribution in [0.4, 0.5) is 0 Å². The van der Waals surface area contributed by atoms with Crippen molar-refractivity contribution in [2.24, 2.45) is 5.92 Å². The molecule has 0 aromatic carbocycles. The Morgan fingerprint density at radius 2 is 1.73 bits per heavy atom. The molecule has 0 aromatic rings. The van der Waals surface area contributed by atoms with Gasteiger partial charge in [-0.3, -0.25) is 0 Å². The van der Waals surface area contributed by atoms with Gasteiger partial charge in [0.2, 0.25) is 0 Å². The first-order valence-corrected chi connectivity index (χ1v) is 5.09. The third kappa shape index (κ3) is 1.71. The van der Waals surface area contributed by atoms with E-state index in [1.807, 2.05) is 11.8 Å². The Hall–Kier alpha value is 0.270. The number of nitrogens with zero attached hydrogens (tertiary/aromatic N) is 2. The third-order valence-corrected chi connectivity index (χ3v) is 4.13. The standard InChI is InChI=1S/C8H18N2S/c1-6(2)8-10(5)9(4)7(3)11-8/h6-8H,1-5H3. The smallest absolute Gasteiger partial charge is 0.0734 e. The van der Waals surface area contributed by atoms with Gasteiger partial charge in [-0.2, -0.15) is 0 Å². The van der Waals surface area contributed by atoms with E-state index in [-0.39, 0.29) is 0 Å². The van der Waals surface area contributed by atoms with Crippen LogP contribution in [-0.2, 0) is 0 Å². The van der Waals surface area contributed by atoms with Gasteiger partial charge in [0.15, 0.2) is 0 Å². The van der Waals surface area contributed by atoms with Gasteiger partial charge in [0, 0.05) is 14.1 Å². The molecule has 1 rings (SSSR count). The number of thioether (sulfide) groups is 1. The molecule has 0 aliphatic carbocycles. The maximum atomic E-state index is 2.33. The minimum atomic E-state index is 0.632. The van der Waals surface area contributed by atoms with E-state index in [1.54, 1.807) is 0 Å². The number of hydrogen-bond acceptors (Lipinski definition) is 3. The summed E-state index contributed by atoms with van der Waals surface area (Å²) < 4.78 is 0. The van der Waals surface area contributed by atoms with Crippen LogP contribution in [0.1, 0.15) is 20.8 Å². The number of hydrogen-bond donors (Lipinski definition) is 0. The molecule has 2 nitrogen and oxygen atoms in total. The van der Waals surface area contributed by atoms with Crippen molar-refractivity contribution in [3.8, 4) is 0 Å². The molecule has 11 heavy (non-hydrogen) atoms. The summed E-state index contributed by atoms with van der Waals surface area (Å²) in [6.07, 6.45) is 0. The molecule has 1 heterocycles. The van der Waals surface area contributed by atoms with Crippen LogP contribution < -0.4 is 0 Å². The largest absolute Gasteiger partial charge is 0.231 e. The van der Waals surface area contributed by atoms with Crippen molar-refractivity contribution in [1.29, 1.82) is 0 Å². The van der Waals surface area contributed by atoms with E-state index in [0.717, 1.165) is 5.92 Å². The van der Waals surface area contributed by atoms with Gasteiger partial charge < -0.3 is 0 Å². The first kappa shape index (κ1) is 9.36. The van der Waals surface area contributed by atoms with Crippen LogP contribution in [0.3, 0.4) is 0 Å². The quantitative estimate of drug-likeness (QED) is 0.599. The van der Waals surface area contributed by atoms with Gasteiger partial charge in [0.25, 0.3) is 0 Å². The number of hydrazine groups is 1. The molecule has 2 unspecified atom stereocenters. The molecular formula is C8H18N2S. The van der Waals surface area contributed by atoms with E-state index in [1.165, 1.54) is 0 Å². The highest BCUT2D eigenvalue weighted by molar-refractivity contribution is 8.00. The Bertz CT molecular complexity index is 138. The lowest BCUT2D eigenvalue weighted by atomic mass is 10.2. The fraction of sp³-hybridized carbons (Fsp3) is 1.00. The van der Waals surface area contributed by atoms with E-state index in [9.17, 15) is 0 Å². The predicted octanol–water partition coefficient (Wildman–Crippen LogP) is 1.84. The molecule has 0 spiro atoms. The molecular weight excluding hydrogens is 156 g/mol. The first-order valence-electron chi connectivity index (χ1n) is 4.15. The molecule has 1 aliphatic heterocycles. The summed E-state index contributed by atoms with van der Waals surface area (Å²) in [4.78, 5) is 0. The van der Waals surface area contributed by atoms with E-state index in [2.05, 4.69) is 44.9 Å². The van der Waals surface area contributed by atoms with Gasteiger partial charge in [0.05, 0.1) is 10.7 Å². The van der Waals surface area contributed by atoms with E-state index in [0.29, 0.717) is 10.7 Å². The highest BCUT2D eigenvalue weighted by atomic mass is 32.2. The van der Waals surface area contributed by atoms with E-state index < -0.39 is 0 Å². The molecule has 1 saturated heterocycles. The molecule has 1 aliphatic rings. The summed E-state index contributed by atoms with van der Waals surface area (Å²) in [7, 11) is 4.32. The fourth-order valence-electron chi connectivity index (χ4n) is 1.40. The molecule has 66 valence electrons. The van der Waals surface area contributed by atoms with Crippen LogP contribution in [0.2, 0.25) is 0 Å². The van der Waals surface area contributed by atoms with Gasteiger partial charge in [-0.15, -0.1) is 11.8 Å². The van der Waals surface area contributed by atoms with E-state index in [4.69, 9.17) is 0 Å². The average molecular weight is 174 g/mol. The molecule has 1 fully saturated rings. The molecule has 3 heteroatoms. The zero-order valence-electron chi connectivity index (χ0n) is 8.03. The van der Waals surface area contributed by atoms with Crippen molar-refractivity contribution >= 4 is 11.8 Å². The highest BCUT2D eigenvalue weighted by Gasteiger charge is 2.33. The molecule has 2 atom stereocenters. The first-order chi connectivity index (χ1) is 5.04. The second-order valence-corrected chi connectivity index (χ2v) is 4.95. The zero-order valence-corrected chi connectivity index (χ0v) is 8.85. The lowest BCUT2D eigenvalue weighted by molar-refractivity contribution is 0.0187. The lowest BCUT2D eigenvalue weighted by Gasteiger charge is -2.26. The van der Waals surface area contributed by atoms with Crippen LogP contribution in [-0.4, -0.2) is 34.9 Å². The Kier molecular flexibility index (Phi) is 2.84. The Labute approximate surface area is 73.9 Å². The second-order valence-electron chi connectivity index (χ2n) is 3.52. The van der Waals surface area contributed by atoms with Gasteiger partial charge in [-0.1, -0.05) is 13.8 Å². The molecule has 0 saturated carbocycles. The Morgan fingerprint density at radius 3 is 1.91 bits per heavy atom. The summed E-state index contributed by atoms with van der Waals surface area (Å²) >= 11 is 2.04. The number of rotatable bonds is 1. The van der Waals surface area contributed by atoms with Crippen LogP contribution in [0.15, 0.2) is 0 Å². The Morgan fingerprint density at radius 1 is 1.18 bits per heavy atom. The van der Waals surface area contributed by atoms with Crippen molar-refractivity contribution in [1.82, 2.24) is 10.0 Å². The normalized spacial score (nSPS) is 35.5. The van der Waals surface area contributed by atoms with Crippen molar-refractivity contribution in [3.05, 3.63) is 0 Å². The molecule has 0 N–H and O–H groups in total. The van der Waals surface area contributed by atoms with Crippen molar-refractivity contribution < 1.29 is 0 Å². The van der Waals surface area contributed by atoms with Crippen LogP contribution in [0.25, 0.3) is 0 Å². The second kappa shape index (κ2) is 3.33. The Balaban J connectivity index is 2.59. The maximum absolute atomic E-state index is 2.33. The monoisotopic (exact) mass is 174 g/mol. The predicted molar refractivity (Wildman–Crippen MR) is 51.2 cm³/mol. The zero-order chi connectivity index (χ0) is 8.59. The van der Waals surface area contributed by atoms with Gasteiger partial charge in [-0.05, 0) is 12.8 Å². The van der Waals surface area contributed by atoms with Crippen LogP contribution in [0, 0.1) is 5.92 Å². The minimum absolute atomic E-state index is 0.632. The minimum Gasteiger partial charge on any atom is -0.231 e. The average Bonchev–Trinajstić information content (AvgIpc) is 2.17. The summed E-state index contributed by atoms with van der Waals surface area (Å²) in [5.41, 5.74) is 0. The van der Waals surface area contributed by atoms with Gasteiger partial charge >= 0.3 is 0 Å². The summed E-state index contributed by atoms with van der Waals surface area (Å²) in [5.74, 6) is 0.734. The maximum Gasteiger partial charge on any atom is 0.0734 e. The van der Waals surface area contributed by atoms with E-state index >= 15 is 0 Å². The van der Waals surface area contributed by atoms with Crippen LogP contribution >= 0.6 is 11.8 Å². The summed E-state index contributed by atoms with van der Waals surface area (Å²) in [5, 5.41) is 5.93. The van der Waals surface area contributed by atoms with Gasteiger partial charge in [-0.25, -0.2) is 10.0 Å². The molecule has 0 amide bonds. The van der Waals surface area contributed by atoms with Crippen LogP contribution in [0.5, 0.6) is 0 Å². The summed E-state index contributed by atoms with van der Waals surface area (Å²) in [6, 6.07) is 0. The third-order valence-electron chi connectivity index (χ3n) is 2.30. The molecule has 0 radical (unpaired) electrons. The highest BCUT2D eigenvalue weighted by Crippen LogP contribution is 2.35. The summed E-state index contributed by atoms with van der Waals surface area (Å²) in [6.45, 7) is 6.81. The molecule has 0 aromatic heterocycles. The van der Waals surface area contributed by atoms with Gasteiger partial charge in [0.1, 0.15) is 0 Å².